The molecule has 3 heterocycles. The molecule has 4 heteroatoms. The van der Waals surface area contributed by atoms with Crippen LogP contribution in [0.3, 0.4) is 0 Å². The van der Waals surface area contributed by atoms with E-state index in [4.69, 9.17) is 4.74 Å². The van der Waals surface area contributed by atoms with Crippen LogP contribution < -0.4 is 4.74 Å². The maximum atomic E-state index is 5.51. The van der Waals surface area contributed by atoms with Crippen LogP contribution in [0.15, 0.2) is 42.9 Å². The normalized spacial score (nSPS) is 13.6. The predicted molar refractivity (Wildman–Crippen MR) is 67.6 cm³/mol. The van der Waals surface area contributed by atoms with E-state index in [0.717, 1.165) is 35.8 Å². The van der Waals surface area contributed by atoms with Crippen molar-refractivity contribution in [3.8, 4) is 17.0 Å². The Morgan fingerprint density at radius 2 is 2.28 bits per heavy atom. The highest BCUT2D eigenvalue weighted by Crippen LogP contribution is 2.29. The quantitative estimate of drug-likeness (QED) is 0.652. The Morgan fingerprint density at radius 3 is 3.22 bits per heavy atom. The summed E-state index contributed by atoms with van der Waals surface area (Å²) in [5.41, 5.74) is 3.32. The van der Waals surface area contributed by atoms with E-state index < -0.39 is 0 Å². The summed E-state index contributed by atoms with van der Waals surface area (Å²) in [6, 6.07) is 8.13. The van der Waals surface area contributed by atoms with E-state index in [2.05, 4.69) is 16.0 Å². The standard InChI is InChI=1S/C14H11N3O/c1-5-15-14-16-12(9-17(14)6-1)10-2-3-13-11(8-10)4-7-18-13/h1-3,5-6,8-9H,4,7H2. The zero-order chi connectivity index (χ0) is 11.9. The minimum absolute atomic E-state index is 0.726. The van der Waals surface area contributed by atoms with Crippen LogP contribution in [0, 0.1) is 0 Å². The van der Waals surface area contributed by atoms with Crippen LogP contribution in [-0.2, 0) is 6.42 Å². The molecule has 2 aromatic heterocycles. The summed E-state index contributed by atoms with van der Waals surface area (Å²) in [5.74, 6) is 1.73. The van der Waals surface area contributed by atoms with Crippen molar-refractivity contribution in [3.63, 3.8) is 0 Å². The first-order chi connectivity index (χ1) is 8.90. The van der Waals surface area contributed by atoms with Crippen molar-refractivity contribution < 1.29 is 4.74 Å². The molecule has 0 spiro atoms. The smallest absolute Gasteiger partial charge is 0.234 e. The lowest BCUT2D eigenvalue weighted by molar-refractivity contribution is 0.357. The second kappa shape index (κ2) is 3.57. The Kier molecular flexibility index (Phi) is 1.91. The molecule has 1 aromatic carbocycles. The Morgan fingerprint density at radius 1 is 1.28 bits per heavy atom. The molecule has 0 fully saturated rings. The van der Waals surface area contributed by atoms with E-state index in [0.29, 0.717) is 0 Å². The molecule has 0 unspecified atom stereocenters. The van der Waals surface area contributed by atoms with Crippen molar-refractivity contribution in [3.05, 3.63) is 48.4 Å². The molecule has 4 nitrogen and oxygen atoms in total. The van der Waals surface area contributed by atoms with Crippen LogP contribution in [0.2, 0.25) is 0 Å². The van der Waals surface area contributed by atoms with E-state index in [1.54, 1.807) is 6.20 Å². The SMILES string of the molecule is c1cnc2nc(-c3ccc4c(c3)CCO4)cn2c1. The van der Waals surface area contributed by atoms with Gasteiger partial charge in [0.05, 0.1) is 12.3 Å². The molecule has 1 aliphatic rings. The van der Waals surface area contributed by atoms with Crippen LogP contribution in [0.5, 0.6) is 5.75 Å². The first-order valence-corrected chi connectivity index (χ1v) is 5.96. The fourth-order valence-corrected chi connectivity index (χ4v) is 2.31. The van der Waals surface area contributed by atoms with Gasteiger partial charge in [-0.2, -0.15) is 0 Å². The Hall–Kier alpha value is -2.36. The number of ether oxygens (including phenoxy) is 1. The molecular formula is C14H11N3O. The average Bonchev–Trinajstić information content (AvgIpc) is 3.04. The molecule has 0 bridgehead atoms. The van der Waals surface area contributed by atoms with Gasteiger partial charge in [-0.3, -0.25) is 4.40 Å². The van der Waals surface area contributed by atoms with Gasteiger partial charge in [-0.05, 0) is 29.8 Å². The lowest BCUT2D eigenvalue weighted by atomic mass is 10.1. The maximum absolute atomic E-state index is 5.51. The number of imidazole rings is 1. The Balaban J connectivity index is 1.86. The summed E-state index contributed by atoms with van der Waals surface area (Å²) in [6.07, 6.45) is 6.69. The van der Waals surface area contributed by atoms with Gasteiger partial charge in [0.1, 0.15) is 5.75 Å². The number of hydrogen-bond donors (Lipinski definition) is 0. The van der Waals surface area contributed by atoms with Crippen LogP contribution in [0.1, 0.15) is 5.56 Å². The summed E-state index contributed by atoms with van der Waals surface area (Å²) in [5, 5.41) is 0. The van der Waals surface area contributed by atoms with Crippen molar-refractivity contribution in [2.24, 2.45) is 0 Å². The number of hydrogen-bond acceptors (Lipinski definition) is 3. The molecule has 0 amide bonds. The van der Waals surface area contributed by atoms with Gasteiger partial charge in [-0.15, -0.1) is 0 Å². The lowest BCUT2D eigenvalue weighted by Gasteiger charge is -2.00. The zero-order valence-electron chi connectivity index (χ0n) is 9.71. The first-order valence-electron chi connectivity index (χ1n) is 5.96. The van der Waals surface area contributed by atoms with Gasteiger partial charge in [-0.25, -0.2) is 9.97 Å². The van der Waals surface area contributed by atoms with Crippen LogP contribution in [0.4, 0.5) is 0 Å². The number of aromatic nitrogens is 3. The molecule has 0 atom stereocenters. The molecule has 4 rings (SSSR count). The third kappa shape index (κ3) is 1.39. The highest BCUT2D eigenvalue weighted by Gasteiger charge is 2.13. The minimum atomic E-state index is 0.726. The molecule has 0 saturated heterocycles. The van der Waals surface area contributed by atoms with Gasteiger partial charge >= 0.3 is 0 Å². The second-order valence-electron chi connectivity index (χ2n) is 4.37. The lowest BCUT2D eigenvalue weighted by Crippen LogP contribution is -1.85. The van der Waals surface area contributed by atoms with Crippen molar-refractivity contribution in [1.82, 2.24) is 14.4 Å². The molecule has 3 aromatic rings. The summed E-state index contributed by atoms with van der Waals surface area (Å²) >= 11 is 0. The summed E-state index contributed by atoms with van der Waals surface area (Å²) in [7, 11) is 0. The van der Waals surface area contributed by atoms with Gasteiger partial charge in [0.25, 0.3) is 0 Å². The highest BCUT2D eigenvalue weighted by atomic mass is 16.5. The van der Waals surface area contributed by atoms with Crippen LogP contribution >= 0.6 is 0 Å². The molecule has 0 aliphatic carbocycles. The number of nitrogens with zero attached hydrogens (tertiary/aromatic N) is 3. The molecule has 0 N–H and O–H groups in total. The van der Waals surface area contributed by atoms with E-state index in [1.807, 2.05) is 35.0 Å². The van der Waals surface area contributed by atoms with Gasteiger partial charge in [0.2, 0.25) is 5.78 Å². The zero-order valence-corrected chi connectivity index (χ0v) is 9.71. The number of benzene rings is 1. The third-order valence-electron chi connectivity index (χ3n) is 3.22. The highest BCUT2D eigenvalue weighted by molar-refractivity contribution is 5.64. The van der Waals surface area contributed by atoms with Crippen LogP contribution in [0.25, 0.3) is 17.0 Å². The van der Waals surface area contributed by atoms with Crippen LogP contribution in [-0.4, -0.2) is 21.0 Å². The Bertz CT molecular complexity index is 700. The Labute approximate surface area is 104 Å². The molecule has 18 heavy (non-hydrogen) atoms. The van der Waals surface area contributed by atoms with E-state index in [-0.39, 0.29) is 0 Å². The average molecular weight is 237 g/mol. The first kappa shape index (κ1) is 9.65. The monoisotopic (exact) mass is 237 g/mol. The molecule has 0 radical (unpaired) electrons. The van der Waals surface area contributed by atoms with Crippen molar-refractivity contribution in [2.45, 2.75) is 6.42 Å². The van der Waals surface area contributed by atoms with Gasteiger partial charge in [0, 0.05) is 30.6 Å². The molecule has 0 saturated carbocycles. The summed E-state index contributed by atoms with van der Waals surface area (Å²) in [4.78, 5) is 8.75. The molecular weight excluding hydrogens is 226 g/mol. The minimum Gasteiger partial charge on any atom is -0.493 e. The molecule has 1 aliphatic heterocycles. The van der Waals surface area contributed by atoms with Crippen molar-refractivity contribution in [2.75, 3.05) is 6.61 Å². The number of rotatable bonds is 1. The van der Waals surface area contributed by atoms with Crippen molar-refractivity contribution in [1.29, 1.82) is 0 Å². The predicted octanol–water partition coefficient (Wildman–Crippen LogP) is 2.33. The van der Waals surface area contributed by atoms with E-state index in [1.165, 1.54) is 5.56 Å². The maximum Gasteiger partial charge on any atom is 0.234 e. The second-order valence-corrected chi connectivity index (χ2v) is 4.37. The summed E-state index contributed by atoms with van der Waals surface area (Å²) < 4.78 is 7.44. The topological polar surface area (TPSA) is 39.4 Å². The fraction of sp³-hybridized carbons (Fsp3) is 0.143. The van der Waals surface area contributed by atoms with Gasteiger partial charge < -0.3 is 4.74 Å². The number of fused-ring (bicyclic) bond motifs is 2. The van der Waals surface area contributed by atoms with Gasteiger partial charge in [-0.1, -0.05) is 0 Å². The van der Waals surface area contributed by atoms with E-state index in [9.17, 15) is 0 Å². The van der Waals surface area contributed by atoms with Crippen molar-refractivity contribution >= 4 is 5.78 Å². The van der Waals surface area contributed by atoms with E-state index >= 15 is 0 Å². The largest absolute Gasteiger partial charge is 0.493 e. The third-order valence-corrected chi connectivity index (χ3v) is 3.22. The fourth-order valence-electron chi connectivity index (χ4n) is 2.31. The summed E-state index contributed by atoms with van der Waals surface area (Å²) in [6.45, 7) is 0.783. The molecule has 88 valence electrons. The van der Waals surface area contributed by atoms with Gasteiger partial charge in [0.15, 0.2) is 0 Å².